The molecule has 0 aromatic heterocycles. The lowest BCUT2D eigenvalue weighted by Gasteiger charge is -2.35. The van der Waals surface area contributed by atoms with Crippen LogP contribution in [0.5, 0.6) is 0 Å². The number of anilines is 1. The number of benzene rings is 2. The number of hydrogen-bond acceptors (Lipinski definition) is 2. The van der Waals surface area contributed by atoms with E-state index in [-0.39, 0.29) is 11.7 Å². The largest absolute Gasteiger partial charge is 0.366 e. The fraction of sp³-hybridized carbons (Fsp3) is 0.250. The average Bonchev–Trinajstić information content (AvgIpc) is 2.54. The molecule has 1 N–H and O–H groups in total. The minimum atomic E-state index is -1.41. The molecule has 21 heavy (non-hydrogen) atoms. The summed E-state index contributed by atoms with van der Waals surface area (Å²) in [5.74, 6) is -3.70. The molecule has 0 radical (unpaired) electrons. The van der Waals surface area contributed by atoms with Crippen molar-refractivity contribution in [3.05, 3.63) is 65.5 Å². The predicted octanol–water partition coefficient (Wildman–Crippen LogP) is 3.25. The highest BCUT2D eigenvalue weighted by Gasteiger charge is 2.24. The molecule has 0 saturated carbocycles. The van der Waals surface area contributed by atoms with Crippen molar-refractivity contribution in [2.24, 2.45) is 0 Å². The third-order valence-corrected chi connectivity index (χ3v) is 3.73. The molecule has 5 heteroatoms. The van der Waals surface area contributed by atoms with Crippen LogP contribution in [0.15, 0.2) is 42.5 Å². The smallest absolute Gasteiger partial charge is 0.196 e. The molecule has 1 atom stereocenters. The zero-order valence-electron chi connectivity index (χ0n) is 11.3. The van der Waals surface area contributed by atoms with Crippen LogP contribution >= 0.6 is 0 Å². The van der Waals surface area contributed by atoms with Gasteiger partial charge in [0.05, 0.1) is 5.69 Å². The predicted molar refractivity (Wildman–Crippen MR) is 75.7 cm³/mol. The Morgan fingerprint density at radius 1 is 0.952 bits per heavy atom. The van der Waals surface area contributed by atoms with Crippen LogP contribution in [0, 0.1) is 17.5 Å². The van der Waals surface area contributed by atoms with Gasteiger partial charge < -0.3 is 10.2 Å². The lowest BCUT2D eigenvalue weighted by atomic mass is 10.0. The molecule has 2 nitrogen and oxygen atoms in total. The van der Waals surface area contributed by atoms with E-state index in [1.165, 1.54) is 6.07 Å². The topological polar surface area (TPSA) is 15.3 Å². The van der Waals surface area contributed by atoms with Gasteiger partial charge in [0, 0.05) is 25.7 Å². The number of hydrogen-bond donors (Lipinski definition) is 1. The maximum atomic E-state index is 13.9. The third-order valence-electron chi connectivity index (χ3n) is 3.73. The van der Waals surface area contributed by atoms with E-state index in [2.05, 4.69) is 5.32 Å². The van der Waals surface area contributed by atoms with E-state index >= 15 is 0 Å². The highest BCUT2D eigenvalue weighted by Crippen LogP contribution is 2.27. The summed E-state index contributed by atoms with van der Waals surface area (Å²) in [6.07, 6.45) is 0. The van der Waals surface area contributed by atoms with Crippen LogP contribution in [0.2, 0.25) is 0 Å². The maximum Gasteiger partial charge on any atom is 0.196 e. The molecule has 2 aromatic rings. The quantitative estimate of drug-likeness (QED) is 0.855. The zero-order valence-corrected chi connectivity index (χ0v) is 11.3. The Bertz CT molecular complexity index is 631. The molecule has 3 rings (SSSR count). The Balaban J connectivity index is 1.85. The van der Waals surface area contributed by atoms with Crippen molar-refractivity contribution in [2.75, 3.05) is 24.5 Å². The monoisotopic (exact) mass is 292 g/mol. The molecule has 0 spiro atoms. The van der Waals surface area contributed by atoms with E-state index in [0.29, 0.717) is 19.6 Å². The van der Waals surface area contributed by atoms with Gasteiger partial charge in [0.2, 0.25) is 0 Å². The number of rotatable bonds is 2. The first-order valence-electron chi connectivity index (χ1n) is 6.83. The summed E-state index contributed by atoms with van der Waals surface area (Å²) in [6, 6.07) is 12.1. The molecule has 1 fully saturated rings. The summed E-state index contributed by atoms with van der Waals surface area (Å²) in [6.45, 7) is 1.70. The van der Waals surface area contributed by atoms with Crippen molar-refractivity contribution in [3.63, 3.8) is 0 Å². The molecule has 1 unspecified atom stereocenters. The third kappa shape index (κ3) is 2.74. The highest BCUT2D eigenvalue weighted by molar-refractivity contribution is 5.49. The van der Waals surface area contributed by atoms with Crippen LogP contribution in [0.3, 0.4) is 0 Å². The minimum absolute atomic E-state index is 0.0347. The fourth-order valence-electron chi connectivity index (χ4n) is 2.64. The van der Waals surface area contributed by atoms with Gasteiger partial charge in [-0.3, -0.25) is 0 Å². The van der Waals surface area contributed by atoms with Gasteiger partial charge in [0.1, 0.15) is 0 Å². The lowest BCUT2D eigenvalue weighted by molar-refractivity contribution is 0.434. The minimum Gasteiger partial charge on any atom is -0.366 e. The van der Waals surface area contributed by atoms with Gasteiger partial charge in [0.15, 0.2) is 17.5 Å². The second-order valence-corrected chi connectivity index (χ2v) is 5.06. The van der Waals surface area contributed by atoms with Gasteiger partial charge in [-0.25, -0.2) is 13.2 Å². The highest BCUT2D eigenvalue weighted by atomic mass is 19.2. The second kappa shape index (κ2) is 5.77. The molecule has 2 aromatic carbocycles. The SMILES string of the molecule is Fc1ccc(N2CCNC(c3ccccc3)C2)c(F)c1F. The molecule has 0 aliphatic carbocycles. The van der Waals surface area contributed by atoms with E-state index in [4.69, 9.17) is 0 Å². The summed E-state index contributed by atoms with van der Waals surface area (Å²) in [5, 5.41) is 3.35. The van der Waals surface area contributed by atoms with Crippen molar-refractivity contribution in [3.8, 4) is 0 Å². The second-order valence-electron chi connectivity index (χ2n) is 5.06. The molecular formula is C16H15F3N2. The molecule has 1 heterocycles. The summed E-state index contributed by atoms with van der Waals surface area (Å²) in [4.78, 5) is 1.74. The van der Waals surface area contributed by atoms with Crippen LogP contribution < -0.4 is 10.2 Å². The van der Waals surface area contributed by atoms with Crippen LogP contribution in [-0.4, -0.2) is 19.6 Å². The zero-order chi connectivity index (χ0) is 14.8. The van der Waals surface area contributed by atoms with Crippen LogP contribution in [0.4, 0.5) is 18.9 Å². The molecule has 0 bridgehead atoms. The van der Waals surface area contributed by atoms with E-state index in [0.717, 1.165) is 11.6 Å². The Labute approximate surface area is 121 Å². The maximum absolute atomic E-state index is 13.9. The first-order chi connectivity index (χ1) is 10.2. The van der Waals surface area contributed by atoms with Crippen LogP contribution in [0.1, 0.15) is 11.6 Å². The molecule has 0 amide bonds. The Kier molecular flexibility index (Phi) is 3.84. The van der Waals surface area contributed by atoms with E-state index in [1.807, 2.05) is 30.3 Å². The van der Waals surface area contributed by atoms with Crippen LogP contribution in [0.25, 0.3) is 0 Å². The number of piperazine rings is 1. The Morgan fingerprint density at radius 2 is 1.71 bits per heavy atom. The first-order valence-corrected chi connectivity index (χ1v) is 6.83. The van der Waals surface area contributed by atoms with E-state index in [9.17, 15) is 13.2 Å². The van der Waals surface area contributed by atoms with Crippen molar-refractivity contribution in [2.45, 2.75) is 6.04 Å². The van der Waals surface area contributed by atoms with Crippen molar-refractivity contribution >= 4 is 5.69 Å². The van der Waals surface area contributed by atoms with Crippen molar-refractivity contribution < 1.29 is 13.2 Å². The summed E-state index contributed by atoms with van der Waals surface area (Å²) in [5.41, 5.74) is 1.20. The van der Waals surface area contributed by atoms with Gasteiger partial charge in [-0.05, 0) is 17.7 Å². The van der Waals surface area contributed by atoms with Gasteiger partial charge in [-0.2, -0.15) is 0 Å². The summed E-state index contributed by atoms with van der Waals surface area (Å²) >= 11 is 0. The van der Waals surface area contributed by atoms with Crippen molar-refractivity contribution in [1.29, 1.82) is 0 Å². The van der Waals surface area contributed by atoms with Gasteiger partial charge >= 0.3 is 0 Å². The molecule has 110 valence electrons. The number of nitrogens with zero attached hydrogens (tertiary/aromatic N) is 1. The number of nitrogens with one attached hydrogen (secondary N) is 1. The Morgan fingerprint density at radius 3 is 2.48 bits per heavy atom. The Hall–Kier alpha value is -2.01. The van der Waals surface area contributed by atoms with E-state index < -0.39 is 17.5 Å². The average molecular weight is 292 g/mol. The fourth-order valence-corrected chi connectivity index (χ4v) is 2.64. The first kappa shape index (κ1) is 13.9. The van der Waals surface area contributed by atoms with Gasteiger partial charge in [0.25, 0.3) is 0 Å². The number of halogens is 3. The molecule has 1 saturated heterocycles. The normalized spacial score (nSPS) is 18.8. The summed E-state index contributed by atoms with van der Waals surface area (Å²) in [7, 11) is 0. The molecular weight excluding hydrogens is 277 g/mol. The molecule has 1 aliphatic heterocycles. The van der Waals surface area contributed by atoms with Crippen LogP contribution in [-0.2, 0) is 0 Å². The summed E-state index contributed by atoms with van der Waals surface area (Å²) < 4.78 is 40.3. The van der Waals surface area contributed by atoms with Gasteiger partial charge in [-0.1, -0.05) is 30.3 Å². The van der Waals surface area contributed by atoms with E-state index in [1.54, 1.807) is 4.90 Å². The van der Waals surface area contributed by atoms with Gasteiger partial charge in [-0.15, -0.1) is 0 Å². The van der Waals surface area contributed by atoms with Crippen molar-refractivity contribution in [1.82, 2.24) is 5.32 Å². The molecule has 1 aliphatic rings. The lowest BCUT2D eigenvalue weighted by Crippen LogP contribution is -2.46. The standard InChI is InChI=1S/C16H15F3N2/c17-12-6-7-14(16(19)15(12)18)21-9-8-20-13(10-21)11-4-2-1-3-5-11/h1-7,13,20H,8-10H2.